The van der Waals surface area contributed by atoms with Crippen LogP contribution in [0.2, 0.25) is 0 Å². The van der Waals surface area contributed by atoms with Crippen LogP contribution >= 0.6 is 0 Å². The van der Waals surface area contributed by atoms with Crippen molar-refractivity contribution in [2.75, 3.05) is 39.5 Å². The summed E-state index contributed by atoms with van der Waals surface area (Å²) in [5.74, 6) is 0. The van der Waals surface area contributed by atoms with Gasteiger partial charge in [0.1, 0.15) is 24.4 Å². The topological polar surface area (TPSA) is 89.0 Å². The number of hydrogen-bond acceptors (Lipinski definition) is 6. The first-order chi connectivity index (χ1) is 8.86. The van der Waals surface area contributed by atoms with Crippen LogP contribution in [0.5, 0.6) is 0 Å². The fourth-order valence-electron chi connectivity index (χ4n) is 2.35. The van der Waals surface area contributed by atoms with Crippen LogP contribution in [0.1, 0.15) is 12.8 Å². The van der Waals surface area contributed by atoms with E-state index in [0.29, 0.717) is 39.5 Å². The second kappa shape index (κ2) is 7.37. The summed E-state index contributed by atoms with van der Waals surface area (Å²) >= 11 is 0. The lowest BCUT2D eigenvalue weighted by molar-refractivity contribution is -0.0503. The van der Waals surface area contributed by atoms with Gasteiger partial charge in [-0.25, -0.2) is 0 Å². The van der Waals surface area contributed by atoms with Gasteiger partial charge in [-0.15, -0.1) is 0 Å². The van der Waals surface area contributed by atoms with Gasteiger partial charge in [0.05, 0.1) is 13.2 Å². The van der Waals surface area contributed by atoms with Crippen molar-refractivity contribution in [1.82, 2.24) is 0 Å². The lowest BCUT2D eigenvalue weighted by Gasteiger charge is -2.17. The van der Waals surface area contributed by atoms with Crippen LogP contribution in [0.3, 0.4) is 0 Å². The summed E-state index contributed by atoms with van der Waals surface area (Å²) in [6, 6.07) is 0. The molecule has 0 spiro atoms. The Morgan fingerprint density at radius 1 is 0.833 bits per heavy atom. The Labute approximate surface area is 108 Å². The van der Waals surface area contributed by atoms with Crippen molar-refractivity contribution in [3.8, 4) is 0 Å². The quantitative estimate of drug-likeness (QED) is 0.558. The van der Waals surface area contributed by atoms with E-state index in [1.54, 1.807) is 0 Å². The molecule has 4 N–H and O–H groups in total. The number of ether oxygens (including phenoxy) is 4. The molecule has 106 valence electrons. The molecule has 6 nitrogen and oxygen atoms in total. The summed E-state index contributed by atoms with van der Waals surface area (Å²) in [5, 5.41) is 0. The third kappa shape index (κ3) is 3.40. The van der Waals surface area contributed by atoms with E-state index >= 15 is 0 Å². The van der Waals surface area contributed by atoms with Crippen LogP contribution in [0, 0.1) is 0 Å². The molecule has 0 radical (unpaired) electrons. The summed E-state index contributed by atoms with van der Waals surface area (Å²) in [7, 11) is 0. The highest BCUT2D eigenvalue weighted by Gasteiger charge is 2.48. The Morgan fingerprint density at radius 3 is 1.67 bits per heavy atom. The zero-order valence-corrected chi connectivity index (χ0v) is 10.8. The molecule has 2 aliphatic rings. The third-order valence-corrected chi connectivity index (χ3v) is 3.32. The Hall–Kier alpha value is -0.240. The van der Waals surface area contributed by atoms with E-state index in [1.165, 1.54) is 0 Å². The fraction of sp³-hybridized carbons (Fsp3) is 1.00. The van der Waals surface area contributed by atoms with Gasteiger partial charge in [-0.05, 0) is 25.9 Å². The zero-order valence-electron chi connectivity index (χ0n) is 10.8. The molecule has 1 unspecified atom stereocenters. The largest absolute Gasteiger partial charge is 0.373 e. The van der Waals surface area contributed by atoms with Gasteiger partial charge in [-0.1, -0.05) is 0 Å². The van der Waals surface area contributed by atoms with Crippen molar-refractivity contribution in [3.05, 3.63) is 0 Å². The van der Waals surface area contributed by atoms with Crippen molar-refractivity contribution in [1.29, 1.82) is 0 Å². The third-order valence-electron chi connectivity index (χ3n) is 3.32. The molecular formula is C12H24N2O4. The maximum absolute atomic E-state index is 5.73. The first-order valence-electron chi connectivity index (χ1n) is 6.73. The van der Waals surface area contributed by atoms with Crippen molar-refractivity contribution in [2.45, 2.75) is 37.3 Å². The molecule has 2 rings (SSSR count). The predicted molar refractivity (Wildman–Crippen MR) is 66.3 cm³/mol. The van der Waals surface area contributed by atoms with Crippen LogP contribution < -0.4 is 11.5 Å². The van der Waals surface area contributed by atoms with E-state index in [1.807, 2.05) is 0 Å². The lowest BCUT2D eigenvalue weighted by atomic mass is 10.1. The molecule has 0 aromatic heterocycles. The SMILES string of the molecule is NCCCO[C@H]1COC2[C@H](OCCCN)CO[C@@H]21. The molecule has 0 aromatic carbocycles. The van der Waals surface area contributed by atoms with Crippen molar-refractivity contribution < 1.29 is 18.9 Å². The van der Waals surface area contributed by atoms with Crippen LogP contribution in [-0.2, 0) is 18.9 Å². The van der Waals surface area contributed by atoms with Crippen molar-refractivity contribution in [3.63, 3.8) is 0 Å². The van der Waals surface area contributed by atoms with E-state index in [0.717, 1.165) is 12.8 Å². The van der Waals surface area contributed by atoms with E-state index in [-0.39, 0.29) is 24.4 Å². The molecule has 4 atom stereocenters. The minimum atomic E-state index is 0.00523. The van der Waals surface area contributed by atoms with Crippen LogP contribution in [-0.4, -0.2) is 63.9 Å². The first-order valence-corrected chi connectivity index (χ1v) is 6.73. The van der Waals surface area contributed by atoms with Gasteiger partial charge in [0.2, 0.25) is 0 Å². The van der Waals surface area contributed by atoms with Gasteiger partial charge in [-0.2, -0.15) is 0 Å². The summed E-state index contributed by atoms with van der Waals surface area (Å²) in [4.78, 5) is 0. The monoisotopic (exact) mass is 260 g/mol. The molecule has 2 heterocycles. The molecule has 6 heteroatoms. The van der Waals surface area contributed by atoms with Gasteiger partial charge in [0, 0.05) is 13.2 Å². The molecule has 2 aliphatic heterocycles. The van der Waals surface area contributed by atoms with Gasteiger partial charge >= 0.3 is 0 Å². The van der Waals surface area contributed by atoms with E-state index in [2.05, 4.69) is 0 Å². The van der Waals surface area contributed by atoms with Crippen LogP contribution in [0.25, 0.3) is 0 Å². The number of rotatable bonds is 8. The smallest absolute Gasteiger partial charge is 0.115 e. The fourth-order valence-corrected chi connectivity index (χ4v) is 2.35. The standard InChI is InChI=1S/C12H24N2O4/c13-3-1-5-15-9-7-17-12-10(8-18-11(9)12)16-6-2-4-14/h9-12H,1-8,13-14H2/t9-,10+,11+,12?/m0/s1. The van der Waals surface area contributed by atoms with Crippen LogP contribution in [0.15, 0.2) is 0 Å². The van der Waals surface area contributed by atoms with E-state index in [4.69, 9.17) is 30.4 Å². The minimum absolute atomic E-state index is 0.00523. The Kier molecular flexibility index (Phi) is 5.81. The number of nitrogens with two attached hydrogens (primary N) is 2. The molecule has 18 heavy (non-hydrogen) atoms. The highest BCUT2D eigenvalue weighted by molar-refractivity contribution is 4.95. The molecule has 0 bridgehead atoms. The van der Waals surface area contributed by atoms with Crippen LogP contribution in [0.4, 0.5) is 0 Å². The van der Waals surface area contributed by atoms with E-state index < -0.39 is 0 Å². The zero-order chi connectivity index (χ0) is 12.8. The summed E-state index contributed by atoms with van der Waals surface area (Å²) < 4.78 is 22.9. The van der Waals surface area contributed by atoms with Crippen molar-refractivity contribution >= 4 is 0 Å². The average molecular weight is 260 g/mol. The molecular weight excluding hydrogens is 236 g/mol. The summed E-state index contributed by atoms with van der Waals surface area (Å²) in [6.07, 6.45) is 1.78. The summed E-state index contributed by atoms with van der Waals surface area (Å²) in [5.41, 5.74) is 10.9. The van der Waals surface area contributed by atoms with E-state index in [9.17, 15) is 0 Å². The minimum Gasteiger partial charge on any atom is -0.373 e. The predicted octanol–water partition coefficient (Wildman–Crippen LogP) is -0.748. The molecule has 0 amide bonds. The number of fused-ring (bicyclic) bond motifs is 1. The highest BCUT2D eigenvalue weighted by atomic mass is 16.6. The average Bonchev–Trinajstić information content (AvgIpc) is 2.94. The Balaban J connectivity index is 1.72. The highest BCUT2D eigenvalue weighted by Crippen LogP contribution is 2.30. The molecule has 2 fully saturated rings. The van der Waals surface area contributed by atoms with Gasteiger partial charge in [0.15, 0.2) is 0 Å². The first kappa shape index (κ1) is 14.2. The molecule has 0 aliphatic carbocycles. The maximum atomic E-state index is 5.73. The van der Waals surface area contributed by atoms with Gasteiger partial charge in [0.25, 0.3) is 0 Å². The second-order valence-corrected chi connectivity index (χ2v) is 4.70. The summed E-state index contributed by atoms with van der Waals surface area (Å²) in [6.45, 7) is 3.78. The maximum Gasteiger partial charge on any atom is 0.115 e. The van der Waals surface area contributed by atoms with Crippen molar-refractivity contribution in [2.24, 2.45) is 11.5 Å². The Morgan fingerprint density at radius 2 is 1.28 bits per heavy atom. The molecule has 0 saturated carbocycles. The van der Waals surface area contributed by atoms with Gasteiger partial charge < -0.3 is 30.4 Å². The molecule has 0 aromatic rings. The normalized spacial score (nSPS) is 35.0. The number of hydrogen-bond donors (Lipinski definition) is 2. The Bertz CT molecular complexity index is 218. The molecule has 2 saturated heterocycles. The second-order valence-electron chi connectivity index (χ2n) is 4.70. The van der Waals surface area contributed by atoms with Gasteiger partial charge in [-0.3, -0.25) is 0 Å². The lowest BCUT2D eigenvalue weighted by Crippen LogP contribution is -2.34.